The summed E-state index contributed by atoms with van der Waals surface area (Å²) in [4.78, 5) is 12.1. The van der Waals surface area contributed by atoms with Crippen LogP contribution in [0.1, 0.15) is 19.4 Å². The largest absolute Gasteiger partial charge is 0.371 e. The molecule has 0 bridgehead atoms. The van der Waals surface area contributed by atoms with Crippen LogP contribution in [0.2, 0.25) is 0 Å². The number of non-ortho nitro benzene ring substituents is 1. The van der Waals surface area contributed by atoms with Gasteiger partial charge in [0.05, 0.1) is 16.2 Å². The molecule has 0 aromatic heterocycles. The van der Waals surface area contributed by atoms with Gasteiger partial charge >= 0.3 is 0 Å². The van der Waals surface area contributed by atoms with E-state index in [2.05, 4.69) is 0 Å². The minimum atomic E-state index is -0.493. The smallest absolute Gasteiger partial charge is 0.270 e. The second-order valence-electron chi connectivity index (χ2n) is 3.24. The topological polar surface area (TPSA) is 70.2 Å². The molecule has 1 aromatic rings. The van der Waals surface area contributed by atoms with Gasteiger partial charge in [-0.25, -0.2) is 0 Å². The number of nitriles is 1. The molecule has 5 nitrogen and oxygen atoms in total. The van der Waals surface area contributed by atoms with E-state index in [0.717, 1.165) is 18.8 Å². The van der Waals surface area contributed by atoms with Crippen LogP contribution < -0.4 is 4.90 Å². The molecule has 0 atom stereocenters. The third kappa shape index (κ3) is 2.28. The summed E-state index contributed by atoms with van der Waals surface area (Å²) in [5.74, 6) is 0. The Kier molecular flexibility index (Phi) is 3.84. The second-order valence-corrected chi connectivity index (χ2v) is 3.24. The first kappa shape index (κ1) is 12.0. The van der Waals surface area contributed by atoms with Crippen LogP contribution in [0.15, 0.2) is 18.2 Å². The zero-order valence-corrected chi connectivity index (χ0v) is 9.30. The maximum atomic E-state index is 10.6. The number of rotatable bonds is 4. The van der Waals surface area contributed by atoms with Gasteiger partial charge in [-0.3, -0.25) is 10.1 Å². The molecular formula is C11H13N3O2. The number of anilines is 1. The first-order valence-corrected chi connectivity index (χ1v) is 5.07. The molecule has 0 radical (unpaired) electrons. The van der Waals surface area contributed by atoms with Crippen LogP contribution in [-0.2, 0) is 0 Å². The van der Waals surface area contributed by atoms with Crippen molar-refractivity contribution >= 4 is 11.4 Å². The molecule has 0 aliphatic heterocycles. The fourth-order valence-corrected chi connectivity index (χ4v) is 1.57. The fraction of sp³-hybridized carbons (Fsp3) is 0.364. The summed E-state index contributed by atoms with van der Waals surface area (Å²) in [5, 5.41) is 19.5. The van der Waals surface area contributed by atoms with Crippen molar-refractivity contribution in [1.29, 1.82) is 5.26 Å². The highest BCUT2D eigenvalue weighted by Gasteiger charge is 2.13. The molecule has 0 N–H and O–H groups in total. The summed E-state index contributed by atoms with van der Waals surface area (Å²) in [5.41, 5.74) is 1.04. The van der Waals surface area contributed by atoms with Crippen LogP contribution in [0.4, 0.5) is 11.4 Å². The van der Waals surface area contributed by atoms with E-state index in [4.69, 9.17) is 5.26 Å². The summed E-state index contributed by atoms with van der Waals surface area (Å²) < 4.78 is 0. The highest BCUT2D eigenvalue weighted by Crippen LogP contribution is 2.24. The first-order valence-electron chi connectivity index (χ1n) is 5.07. The molecular weight excluding hydrogens is 206 g/mol. The number of benzene rings is 1. The molecule has 0 fully saturated rings. The lowest BCUT2D eigenvalue weighted by Gasteiger charge is -2.21. The fourth-order valence-electron chi connectivity index (χ4n) is 1.57. The van der Waals surface area contributed by atoms with Crippen molar-refractivity contribution in [3.63, 3.8) is 0 Å². The van der Waals surface area contributed by atoms with Crippen molar-refractivity contribution in [3.05, 3.63) is 33.9 Å². The third-order valence-electron chi connectivity index (χ3n) is 2.42. The zero-order chi connectivity index (χ0) is 12.1. The van der Waals surface area contributed by atoms with Crippen LogP contribution in [0.5, 0.6) is 0 Å². The molecule has 16 heavy (non-hydrogen) atoms. The summed E-state index contributed by atoms with van der Waals surface area (Å²) in [6.45, 7) is 5.49. The highest BCUT2D eigenvalue weighted by atomic mass is 16.6. The molecule has 0 saturated heterocycles. The van der Waals surface area contributed by atoms with Gasteiger partial charge in [0.15, 0.2) is 0 Å². The van der Waals surface area contributed by atoms with E-state index in [1.807, 2.05) is 24.8 Å². The van der Waals surface area contributed by atoms with E-state index in [1.165, 1.54) is 12.1 Å². The van der Waals surface area contributed by atoms with Crippen molar-refractivity contribution < 1.29 is 4.92 Å². The molecule has 1 aromatic carbocycles. The highest BCUT2D eigenvalue weighted by molar-refractivity contribution is 5.62. The SMILES string of the molecule is CCN(CC)c1ccc([N+](=O)[O-])cc1C#N. The minimum absolute atomic E-state index is 0.0487. The van der Waals surface area contributed by atoms with Crippen molar-refractivity contribution in [1.82, 2.24) is 0 Å². The quantitative estimate of drug-likeness (QED) is 0.575. The van der Waals surface area contributed by atoms with Crippen LogP contribution >= 0.6 is 0 Å². The van der Waals surface area contributed by atoms with Crippen LogP contribution in [0.25, 0.3) is 0 Å². The molecule has 0 aliphatic rings. The lowest BCUT2D eigenvalue weighted by Crippen LogP contribution is -2.22. The Hall–Kier alpha value is -2.09. The van der Waals surface area contributed by atoms with Crippen LogP contribution in [0.3, 0.4) is 0 Å². The Morgan fingerprint density at radius 2 is 2.06 bits per heavy atom. The molecule has 0 unspecified atom stereocenters. The molecule has 0 aliphatic carbocycles. The predicted molar refractivity (Wildman–Crippen MR) is 61.4 cm³/mol. The normalized spacial score (nSPS) is 9.56. The summed E-state index contributed by atoms with van der Waals surface area (Å²) in [6, 6.07) is 6.36. The Morgan fingerprint density at radius 1 is 1.44 bits per heavy atom. The van der Waals surface area contributed by atoms with Crippen molar-refractivity contribution in [2.75, 3.05) is 18.0 Å². The minimum Gasteiger partial charge on any atom is -0.371 e. The first-order chi connectivity index (χ1) is 7.63. The predicted octanol–water partition coefficient (Wildman–Crippen LogP) is 2.31. The number of nitro benzene ring substituents is 1. The van der Waals surface area contributed by atoms with Crippen LogP contribution in [-0.4, -0.2) is 18.0 Å². The van der Waals surface area contributed by atoms with Gasteiger partial charge in [0.1, 0.15) is 6.07 Å². The number of nitrogens with zero attached hydrogens (tertiary/aromatic N) is 3. The van der Waals surface area contributed by atoms with Gasteiger partial charge in [-0.2, -0.15) is 5.26 Å². The van der Waals surface area contributed by atoms with E-state index in [0.29, 0.717) is 5.56 Å². The third-order valence-corrected chi connectivity index (χ3v) is 2.42. The van der Waals surface area contributed by atoms with Gasteiger partial charge in [-0.15, -0.1) is 0 Å². The monoisotopic (exact) mass is 219 g/mol. The van der Waals surface area contributed by atoms with E-state index in [9.17, 15) is 10.1 Å². The van der Waals surface area contributed by atoms with E-state index >= 15 is 0 Å². The molecule has 0 heterocycles. The summed E-state index contributed by atoms with van der Waals surface area (Å²) >= 11 is 0. The zero-order valence-electron chi connectivity index (χ0n) is 9.30. The Labute approximate surface area is 94.1 Å². The van der Waals surface area contributed by atoms with E-state index < -0.39 is 4.92 Å². The maximum Gasteiger partial charge on any atom is 0.270 e. The van der Waals surface area contributed by atoms with Gasteiger partial charge in [-0.05, 0) is 19.9 Å². The van der Waals surface area contributed by atoms with Gasteiger partial charge < -0.3 is 4.90 Å². The molecule has 5 heteroatoms. The van der Waals surface area contributed by atoms with Crippen molar-refractivity contribution in [2.45, 2.75) is 13.8 Å². The average molecular weight is 219 g/mol. The lowest BCUT2D eigenvalue weighted by molar-refractivity contribution is -0.384. The van der Waals surface area contributed by atoms with Crippen LogP contribution in [0, 0.1) is 21.4 Å². The Balaban J connectivity index is 3.22. The summed E-state index contributed by atoms with van der Waals surface area (Å²) in [7, 11) is 0. The number of hydrogen-bond donors (Lipinski definition) is 0. The van der Waals surface area contributed by atoms with E-state index in [1.54, 1.807) is 6.07 Å². The van der Waals surface area contributed by atoms with Crippen molar-refractivity contribution in [3.8, 4) is 6.07 Å². The molecule has 84 valence electrons. The standard InChI is InChI=1S/C11H13N3O2/c1-3-13(4-2)11-6-5-10(14(15)16)7-9(11)8-12/h5-7H,3-4H2,1-2H3. The number of nitro groups is 1. The average Bonchev–Trinajstić information content (AvgIpc) is 2.30. The molecule has 0 amide bonds. The Morgan fingerprint density at radius 3 is 2.50 bits per heavy atom. The van der Waals surface area contributed by atoms with Gasteiger partial charge in [0, 0.05) is 25.2 Å². The van der Waals surface area contributed by atoms with Gasteiger partial charge in [0.25, 0.3) is 5.69 Å². The summed E-state index contributed by atoms with van der Waals surface area (Å²) in [6.07, 6.45) is 0. The van der Waals surface area contributed by atoms with Gasteiger partial charge in [0.2, 0.25) is 0 Å². The molecule has 0 saturated carbocycles. The maximum absolute atomic E-state index is 10.6. The molecule has 0 spiro atoms. The lowest BCUT2D eigenvalue weighted by atomic mass is 10.1. The second kappa shape index (κ2) is 5.12. The Bertz CT molecular complexity index is 433. The van der Waals surface area contributed by atoms with Gasteiger partial charge in [-0.1, -0.05) is 0 Å². The molecule has 1 rings (SSSR count). The van der Waals surface area contributed by atoms with Crippen molar-refractivity contribution in [2.24, 2.45) is 0 Å². The van der Waals surface area contributed by atoms with E-state index in [-0.39, 0.29) is 5.69 Å². The number of hydrogen-bond acceptors (Lipinski definition) is 4.